The number of alkyl halides is 1. The van der Waals surface area contributed by atoms with E-state index in [1.165, 1.54) is 22.3 Å². The second kappa shape index (κ2) is 26.0. The topological polar surface area (TPSA) is 203 Å². The van der Waals surface area contributed by atoms with E-state index in [1.807, 2.05) is 67.6 Å². The van der Waals surface area contributed by atoms with Crippen LogP contribution in [0.15, 0.2) is 96.6 Å². The van der Waals surface area contributed by atoms with Gasteiger partial charge in [-0.05, 0) is 97.2 Å². The summed E-state index contributed by atoms with van der Waals surface area (Å²) in [6.45, 7) is 10.1. The standard InChI is InChI=1S/C60H71ClF2N8O9S/c1-39-53(81-38-65-39)40-14-15-41(32-64-55(74)49-31-45(72)35-71(49)56(75)54(58(2,3)4)66-57(76)60(63)22-23-60)51(30-40)80-29-28-77-26-27-78-36-43-34-70(68-67-43)24-25-79-46-18-16-44(17-19-46)69(33-42-10-9-13-50(73)52(42)61)37-59(20-7-8-21-59)47-11-5-6-12-48(47)62/h5-6,9-19,30,34,38,45,49,54,72-73H,7-8,20-29,31-33,35-37H2,1-4H3,(H,64,74)(H,66,76)/t45-,49+,54+/m1/s1. The third-order valence-corrected chi connectivity index (χ3v) is 16.7. The summed E-state index contributed by atoms with van der Waals surface area (Å²) in [6, 6.07) is 23.7. The first kappa shape index (κ1) is 58.9. The molecule has 0 radical (unpaired) electrons. The highest BCUT2D eigenvalue weighted by atomic mass is 35.5. The third kappa shape index (κ3) is 14.7. The predicted molar refractivity (Wildman–Crippen MR) is 303 cm³/mol. The van der Waals surface area contributed by atoms with E-state index in [2.05, 4.69) is 30.8 Å². The van der Waals surface area contributed by atoms with Gasteiger partial charge in [-0.2, -0.15) is 0 Å². The predicted octanol–water partition coefficient (Wildman–Crippen LogP) is 9.03. The zero-order valence-electron chi connectivity index (χ0n) is 46.2. The average molecular weight is 1150 g/mol. The number of hydrogen-bond donors (Lipinski definition) is 4. The maximum absolute atomic E-state index is 15.4. The van der Waals surface area contributed by atoms with Crippen molar-refractivity contribution in [1.82, 2.24) is 35.5 Å². The van der Waals surface area contributed by atoms with Crippen LogP contribution in [-0.2, 0) is 55.5 Å². The SMILES string of the molecule is Cc1ncsc1-c1ccc(CNC(=O)[C@@H]2C[C@@H](O)CN2C(=O)[C@H](NC(=O)C2(F)CC2)C(C)(C)C)c(OCCOCCOCc2cn(CCOc3ccc(N(Cc4cccc(O)c4Cl)CC4(c5ccccc5F)CCCC4)cc3)nn2)c1. The van der Waals surface area contributed by atoms with Crippen LogP contribution in [0.1, 0.15) is 93.8 Å². The van der Waals surface area contributed by atoms with Gasteiger partial charge in [0, 0.05) is 49.3 Å². The Kier molecular flexibility index (Phi) is 18.9. The number of carbonyl (C=O) groups excluding carboxylic acids is 3. The summed E-state index contributed by atoms with van der Waals surface area (Å²) in [4.78, 5) is 49.3. The molecule has 1 aliphatic heterocycles. The highest BCUT2D eigenvalue weighted by Crippen LogP contribution is 2.45. The van der Waals surface area contributed by atoms with Crippen molar-refractivity contribution in [2.75, 3.05) is 51.0 Å². The van der Waals surface area contributed by atoms with Gasteiger partial charge in [0.15, 0.2) is 5.67 Å². The molecule has 0 bridgehead atoms. The van der Waals surface area contributed by atoms with Crippen molar-refractivity contribution in [2.45, 2.75) is 128 Å². The average Bonchev–Trinajstić information content (AvgIpc) is 4.19. The van der Waals surface area contributed by atoms with Crippen LogP contribution in [0.25, 0.3) is 10.4 Å². The molecule has 4 N–H and O–H groups in total. The number of benzene rings is 4. The van der Waals surface area contributed by atoms with E-state index in [-0.39, 0.29) is 75.8 Å². The Morgan fingerprint density at radius 3 is 2.41 bits per heavy atom. The fraction of sp³-hybridized carbons (Fsp3) is 0.467. The number of nitrogens with zero attached hydrogens (tertiary/aromatic N) is 6. The minimum atomic E-state index is -1.99. The number of amides is 3. The number of β-amino-alcohol motifs (C(OH)–C–C–N with tert-alkyl or cyclic N) is 1. The van der Waals surface area contributed by atoms with Gasteiger partial charge in [0.2, 0.25) is 11.8 Å². The van der Waals surface area contributed by atoms with Crippen molar-refractivity contribution in [1.29, 1.82) is 0 Å². The second-order valence-electron chi connectivity index (χ2n) is 22.3. The number of halogens is 3. The molecule has 432 valence electrons. The number of likely N-dealkylation sites (tertiary alicyclic amines) is 1. The maximum Gasteiger partial charge on any atom is 0.258 e. The smallest absolute Gasteiger partial charge is 0.258 e. The van der Waals surface area contributed by atoms with Crippen molar-refractivity contribution < 1.29 is 52.3 Å². The van der Waals surface area contributed by atoms with E-state index >= 15 is 4.39 Å². The number of carbonyl (C=O) groups is 3. The third-order valence-electron chi connectivity index (χ3n) is 15.3. The molecule has 21 heteroatoms. The molecule has 2 aliphatic carbocycles. The van der Waals surface area contributed by atoms with Crippen molar-refractivity contribution >= 4 is 46.3 Å². The minimum Gasteiger partial charge on any atom is -0.506 e. The first-order chi connectivity index (χ1) is 38.9. The Hall–Kier alpha value is -6.71. The Balaban J connectivity index is 0.722. The molecule has 3 atom stereocenters. The molecular formula is C60H71ClF2N8O9S. The largest absolute Gasteiger partial charge is 0.506 e. The van der Waals surface area contributed by atoms with Gasteiger partial charge >= 0.3 is 0 Å². The van der Waals surface area contributed by atoms with Crippen LogP contribution in [0.3, 0.4) is 0 Å². The molecule has 3 heterocycles. The van der Waals surface area contributed by atoms with E-state index in [9.17, 15) is 29.0 Å². The molecule has 3 fully saturated rings. The molecular weight excluding hydrogens is 1080 g/mol. The Bertz CT molecular complexity index is 3130. The number of aromatic hydroxyl groups is 1. The number of anilines is 1. The highest BCUT2D eigenvalue weighted by molar-refractivity contribution is 7.13. The van der Waals surface area contributed by atoms with Crippen LogP contribution in [-0.4, -0.2) is 123 Å². The van der Waals surface area contributed by atoms with Gasteiger partial charge in [-0.3, -0.25) is 14.4 Å². The normalized spacial score (nSPS) is 17.7. The van der Waals surface area contributed by atoms with Gasteiger partial charge in [0.1, 0.15) is 54.1 Å². The van der Waals surface area contributed by atoms with Crippen molar-refractivity contribution in [3.8, 4) is 27.7 Å². The number of phenolic OH excluding ortho intramolecular Hbond substituents is 1. The van der Waals surface area contributed by atoms with Crippen molar-refractivity contribution in [2.24, 2.45) is 5.41 Å². The fourth-order valence-corrected chi connectivity index (χ4v) is 11.6. The lowest BCUT2D eigenvalue weighted by atomic mass is 9.78. The van der Waals surface area contributed by atoms with Gasteiger partial charge in [-0.15, -0.1) is 16.4 Å². The van der Waals surface area contributed by atoms with Crippen LogP contribution < -0.4 is 25.0 Å². The number of aromatic nitrogens is 4. The molecule has 4 aromatic carbocycles. The summed E-state index contributed by atoms with van der Waals surface area (Å²) in [5.41, 5.74) is 4.09. The quantitative estimate of drug-likeness (QED) is 0.0375. The molecule has 2 aromatic heterocycles. The number of thiazole rings is 1. The van der Waals surface area contributed by atoms with Crippen LogP contribution in [0.4, 0.5) is 14.5 Å². The van der Waals surface area contributed by atoms with Crippen molar-refractivity contribution in [3.63, 3.8) is 0 Å². The molecule has 6 aromatic rings. The Morgan fingerprint density at radius 1 is 0.926 bits per heavy atom. The number of phenols is 1. The maximum atomic E-state index is 15.4. The first-order valence-electron chi connectivity index (χ1n) is 27.6. The van der Waals surface area contributed by atoms with E-state index in [0.29, 0.717) is 60.6 Å². The molecule has 3 aliphatic rings. The number of rotatable bonds is 26. The van der Waals surface area contributed by atoms with Crippen molar-refractivity contribution in [3.05, 3.63) is 136 Å². The Labute approximate surface area is 479 Å². The molecule has 9 rings (SSSR count). The van der Waals surface area contributed by atoms with Crippen LogP contribution in [0.5, 0.6) is 17.2 Å². The van der Waals surface area contributed by atoms with E-state index in [1.54, 1.807) is 55.4 Å². The lowest BCUT2D eigenvalue weighted by molar-refractivity contribution is -0.145. The number of hydrogen-bond acceptors (Lipinski definition) is 14. The number of aryl methyl sites for hydroxylation is 1. The van der Waals surface area contributed by atoms with E-state index in [0.717, 1.165) is 58.6 Å². The first-order valence-corrected chi connectivity index (χ1v) is 28.8. The summed E-state index contributed by atoms with van der Waals surface area (Å²) in [5.74, 6) is -0.880. The lowest BCUT2D eigenvalue weighted by Crippen LogP contribution is -2.59. The molecule has 81 heavy (non-hydrogen) atoms. The van der Waals surface area contributed by atoms with Gasteiger partial charge in [-0.1, -0.05) is 92.9 Å². The van der Waals surface area contributed by atoms with Gasteiger partial charge < -0.3 is 49.6 Å². The monoisotopic (exact) mass is 1150 g/mol. The summed E-state index contributed by atoms with van der Waals surface area (Å²) >= 11 is 8.09. The number of ether oxygens (including phenoxy) is 4. The van der Waals surface area contributed by atoms with Gasteiger partial charge in [0.05, 0.1) is 66.4 Å². The summed E-state index contributed by atoms with van der Waals surface area (Å²) in [6.07, 6.45) is 4.78. The van der Waals surface area contributed by atoms with Crippen LogP contribution in [0, 0.1) is 18.2 Å². The molecule has 3 amide bonds. The molecule has 1 saturated heterocycles. The lowest BCUT2D eigenvalue weighted by Gasteiger charge is -2.38. The summed E-state index contributed by atoms with van der Waals surface area (Å²) < 4.78 is 55.8. The highest BCUT2D eigenvalue weighted by Gasteiger charge is 2.53. The number of aliphatic hydroxyl groups excluding tert-OH is 1. The minimum absolute atomic E-state index is 0.00305. The molecule has 17 nitrogen and oxygen atoms in total. The van der Waals surface area contributed by atoms with Gasteiger partial charge in [0.25, 0.3) is 5.91 Å². The second-order valence-corrected chi connectivity index (χ2v) is 23.6. The van der Waals surface area contributed by atoms with E-state index < -0.39 is 47.0 Å². The zero-order chi connectivity index (χ0) is 57.3. The van der Waals surface area contributed by atoms with Gasteiger partial charge in [-0.25, -0.2) is 18.4 Å². The number of aliphatic hydroxyl groups is 1. The summed E-state index contributed by atoms with van der Waals surface area (Å²) in [5, 5.41) is 35.4. The fourth-order valence-electron chi connectivity index (χ4n) is 10.7. The number of nitrogens with one attached hydrogen (secondary N) is 2. The molecule has 0 unspecified atom stereocenters. The Morgan fingerprint density at radius 2 is 1.68 bits per heavy atom. The van der Waals surface area contributed by atoms with Crippen LogP contribution >= 0.6 is 22.9 Å². The zero-order valence-corrected chi connectivity index (χ0v) is 47.7. The molecule has 2 saturated carbocycles. The molecule has 0 spiro atoms. The summed E-state index contributed by atoms with van der Waals surface area (Å²) in [7, 11) is 0. The van der Waals surface area contributed by atoms with E-state index in [4.69, 9.17) is 30.5 Å². The van der Waals surface area contributed by atoms with Crippen LogP contribution in [0.2, 0.25) is 5.02 Å².